The molecule has 2 nitrogen and oxygen atoms in total. The van der Waals surface area contributed by atoms with Crippen LogP contribution in [0.5, 0.6) is 0 Å². The van der Waals surface area contributed by atoms with Gasteiger partial charge in [-0.2, -0.15) is 0 Å². The number of halogens is 1. The van der Waals surface area contributed by atoms with Crippen LogP contribution in [0.1, 0.15) is 6.92 Å². The van der Waals surface area contributed by atoms with Crippen molar-refractivity contribution in [3.63, 3.8) is 0 Å². The highest BCUT2D eigenvalue weighted by Gasteiger charge is 2.29. The summed E-state index contributed by atoms with van der Waals surface area (Å²) in [5.41, 5.74) is 2.64. The molecule has 3 rings (SSSR count). The van der Waals surface area contributed by atoms with E-state index < -0.39 is 0 Å². The summed E-state index contributed by atoms with van der Waals surface area (Å²) >= 11 is 1.87. The van der Waals surface area contributed by atoms with Gasteiger partial charge in [0.25, 0.3) is 0 Å². The highest BCUT2D eigenvalue weighted by molar-refractivity contribution is 7.99. The van der Waals surface area contributed by atoms with Gasteiger partial charge in [-0.05, 0) is 37.3 Å². The van der Waals surface area contributed by atoms with Gasteiger partial charge in [0.1, 0.15) is 6.04 Å². The first-order chi connectivity index (χ1) is 11.0. The first-order valence-corrected chi connectivity index (χ1v) is 8.91. The standard InChI is InChI=1S/C20H25N2S.BrH/c1-5-14-22(3,4)16(2)15-21-17-10-6-8-12-19(17)23-20-13-9-7-11-18(20)21;/h5-13,16H,1,14-15H2,2-4H3;1H/q+1;/p-1. The number of hydrogen-bond acceptors (Lipinski definition) is 2. The maximum Gasteiger partial charge on any atom is 0.104 e. The molecule has 0 saturated carbocycles. The van der Waals surface area contributed by atoms with E-state index >= 15 is 0 Å². The van der Waals surface area contributed by atoms with E-state index in [9.17, 15) is 0 Å². The molecule has 0 saturated heterocycles. The Morgan fingerprint density at radius 1 is 1.04 bits per heavy atom. The van der Waals surface area contributed by atoms with E-state index in [1.165, 1.54) is 21.2 Å². The van der Waals surface area contributed by atoms with Gasteiger partial charge in [-0.15, -0.1) is 0 Å². The SMILES string of the molecule is C=CC[N+](C)(C)C(C)CN1c2ccccc2Sc2ccccc21.[Br-]. The number of para-hydroxylation sites is 2. The maximum absolute atomic E-state index is 3.91. The molecule has 24 heavy (non-hydrogen) atoms. The van der Waals surface area contributed by atoms with Gasteiger partial charge in [-0.1, -0.05) is 42.6 Å². The predicted octanol–water partition coefficient (Wildman–Crippen LogP) is 1.94. The number of hydrogen-bond donors (Lipinski definition) is 0. The Kier molecular flexibility index (Phi) is 6.18. The lowest BCUT2D eigenvalue weighted by atomic mass is 10.1. The Labute approximate surface area is 160 Å². The Morgan fingerprint density at radius 2 is 1.54 bits per heavy atom. The smallest absolute Gasteiger partial charge is 0.104 e. The summed E-state index contributed by atoms with van der Waals surface area (Å²) in [4.78, 5) is 5.16. The minimum absolute atomic E-state index is 0. The van der Waals surface area contributed by atoms with Crippen LogP contribution in [-0.2, 0) is 0 Å². The van der Waals surface area contributed by atoms with Crippen LogP contribution < -0.4 is 21.9 Å². The van der Waals surface area contributed by atoms with E-state index in [1.54, 1.807) is 0 Å². The summed E-state index contributed by atoms with van der Waals surface area (Å²) in [5.74, 6) is 0. The van der Waals surface area contributed by atoms with E-state index in [2.05, 4.69) is 81.0 Å². The fourth-order valence-corrected chi connectivity index (χ4v) is 4.07. The number of rotatable bonds is 5. The van der Waals surface area contributed by atoms with Crippen LogP contribution in [0.3, 0.4) is 0 Å². The van der Waals surface area contributed by atoms with Gasteiger partial charge in [0, 0.05) is 9.79 Å². The predicted molar refractivity (Wildman–Crippen MR) is 101 cm³/mol. The normalized spacial score (nSPS) is 14.2. The second kappa shape index (κ2) is 7.77. The number of benzene rings is 2. The van der Waals surface area contributed by atoms with Crippen molar-refractivity contribution in [2.24, 2.45) is 0 Å². The van der Waals surface area contributed by atoms with E-state index in [0.29, 0.717) is 6.04 Å². The van der Waals surface area contributed by atoms with E-state index in [4.69, 9.17) is 0 Å². The quantitative estimate of drug-likeness (QED) is 0.553. The molecule has 4 heteroatoms. The van der Waals surface area contributed by atoms with Gasteiger partial charge < -0.3 is 26.4 Å². The van der Waals surface area contributed by atoms with Crippen LogP contribution >= 0.6 is 11.8 Å². The first kappa shape index (κ1) is 19.1. The molecule has 1 unspecified atom stereocenters. The van der Waals surface area contributed by atoms with Crippen LogP contribution in [0.15, 0.2) is 71.0 Å². The molecule has 0 amide bonds. The Bertz CT molecular complexity index is 669. The van der Waals surface area contributed by atoms with Crippen LogP contribution in [0, 0.1) is 0 Å². The lowest BCUT2D eigenvalue weighted by molar-refractivity contribution is -0.905. The minimum Gasteiger partial charge on any atom is -1.00 e. The third-order valence-electron chi connectivity index (χ3n) is 4.77. The summed E-state index contributed by atoms with van der Waals surface area (Å²) in [6.07, 6.45) is 2.02. The molecule has 1 atom stereocenters. The van der Waals surface area contributed by atoms with E-state index in [0.717, 1.165) is 17.6 Å². The highest BCUT2D eigenvalue weighted by Crippen LogP contribution is 2.47. The van der Waals surface area contributed by atoms with Gasteiger partial charge in [0.15, 0.2) is 0 Å². The number of likely N-dealkylation sites (N-methyl/N-ethyl adjacent to an activating group) is 1. The van der Waals surface area contributed by atoms with Crippen molar-refractivity contribution in [3.8, 4) is 0 Å². The second-order valence-corrected chi connectivity index (χ2v) is 7.83. The third-order valence-corrected chi connectivity index (χ3v) is 5.90. The molecule has 1 aliphatic rings. The van der Waals surface area contributed by atoms with Gasteiger partial charge in [-0.25, -0.2) is 0 Å². The third kappa shape index (κ3) is 3.71. The topological polar surface area (TPSA) is 3.24 Å². The molecular formula is C20H25BrN2S. The molecule has 0 radical (unpaired) electrons. The Hall–Kier alpha value is -1.23. The number of anilines is 2. The number of fused-ring (bicyclic) bond motifs is 2. The summed E-state index contributed by atoms with van der Waals surface area (Å²) in [7, 11) is 4.56. The molecule has 0 aliphatic carbocycles. The molecule has 2 aromatic carbocycles. The lowest BCUT2D eigenvalue weighted by Gasteiger charge is -2.40. The Balaban J connectivity index is 0.00000208. The molecule has 1 heterocycles. The number of quaternary nitrogens is 1. The Morgan fingerprint density at radius 3 is 2.04 bits per heavy atom. The van der Waals surface area contributed by atoms with Crippen molar-refractivity contribution in [1.29, 1.82) is 0 Å². The molecule has 2 aromatic rings. The van der Waals surface area contributed by atoms with Gasteiger partial charge in [0.2, 0.25) is 0 Å². The molecule has 0 N–H and O–H groups in total. The average Bonchev–Trinajstić information content (AvgIpc) is 2.54. The molecule has 0 aromatic heterocycles. The zero-order chi connectivity index (χ0) is 16.4. The maximum atomic E-state index is 3.91. The number of nitrogens with zero attached hydrogens (tertiary/aromatic N) is 2. The molecule has 1 aliphatic heterocycles. The summed E-state index contributed by atoms with van der Waals surface area (Å²) in [5, 5.41) is 0. The fraction of sp³-hybridized carbons (Fsp3) is 0.300. The summed E-state index contributed by atoms with van der Waals surface area (Å²) in [6.45, 7) is 8.22. The molecule has 0 spiro atoms. The van der Waals surface area contributed by atoms with Crippen molar-refractivity contribution in [2.45, 2.75) is 22.8 Å². The lowest BCUT2D eigenvalue weighted by Crippen LogP contribution is -3.00. The molecule has 0 fully saturated rings. The second-order valence-electron chi connectivity index (χ2n) is 6.75. The van der Waals surface area contributed by atoms with Gasteiger partial charge in [-0.3, -0.25) is 0 Å². The fourth-order valence-electron chi connectivity index (χ4n) is 2.98. The highest BCUT2D eigenvalue weighted by atomic mass is 79.9. The molecule has 128 valence electrons. The van der Waals surface area contributed by atoms with Crippen molar-refractivity contribution < 1.29 is 21.5 Å². The van der Waals surface area contributed by atoms with Crippen LogP contribution in [0.2, 0.25) is 0 Å². The average molecular weight is 405 g/mol. The summed E-state index contributed by atoms with van der Waals surface area (Å²) < 4.78 is 0.942. The zero-order valence-electron chi connectivity index (χ0n) is 14.6. The van der Waals surface area contributed by atoms with Gasteiger partial charge in [0.05, 0.1) is 38.6 Å². The minimum atomic E-state index is 0. The molecule has 0 bridgehead atoms. The largest absolute Gasteiger partial charge is 1.00 e. The van der Waals surface area contributed by atoms with Crippen molar-refractivity contribution >= 4 is 23.1 Å². The first-order valence-electron chi connectivity index (χ1n) is 8.10. The van der Waals surface area contributed by atoms with Crippen LogP contribution in [0.4, 0.5) is 11.4 Å². The molecular weight excluding hydrogens is 380 g/mol. The van der Waals surface area contributed by atoms with Crippen molar-refractivity contribution in [2.75, 3.05) is 32.1 Å². The van der Waals surface area contributed by atoms with Crippen LogP contribution in [-0.4, -0.2) is 37.7 Å². The van der Waals surface area contributed by atoms with E-state index in [1.807, 2.05) is 17.8 Å². The van der Waals surface area contributed by atoms with Crippen LogP contribution in [0.25, 0.3) is 0 Å². The summed E-state index contributed by atoms with van der Waals surface area (Å²) in [6, 6.07) is 17.9. The zero-order valence-corrected chi connectivity index (χ0v) is 17.0. The van der Waals surface area contributed by atoms with Crippen molar-refractivity contribution in [3.05, 3.63) is 61.2 Å². The van der Waals surface area contributed by atoms with Gasteiger partial charge >= 0.3 is 0 Å². The van der Waals surface area contributed by atoms with Crippen molar-refractivity contribution in [1.82, 2.24) is 0 Å². The van der Waals surface area contributed by atoms with E-state index in [-0.39, 0.29) is 17.0 Å². The monoisotopic (exact) mass is 404 g/mol.